The lowest BCUT2D eigenvalue weighted by Gasteiger charge is -2.05. The first-order valence-corrected chi connectivity index (χ1v) is 10.7. The first-order valence-electron chi connectivity index (χ1n) is 7.44. The zero-order valence-corrected chi connectivity index (χ0v) is 16.6. The number of benzene rings is 2. The molecule has 2 aromatic carbocycles. The van der Waals surface area contributed by atoms with E-state index >= 15 is 0 Å². The van der Waals surface area contributed by atoms with Gasteiger partial charge in [-0.15, -0.1) is 11.3 Å². The molecule has 0 aliphatic rings. The minimum atomic E-state index is -3.75. The smallest absolute Gasteiger partial charge is 0.238 e. The van der Waals surface area contributed by atoms with Gasteiger partial charge in [-0.2, -0.15) is 0 Å². The van der Waals surface area contributed by atoms with Gasteiger partial charge in [-0.05, 0) is 36.4 Å². The first kappa shape index (κ1) is 18.7. The fourth-order valence-electron chi connectivity index (χ4n) is 2.24. The summed E-state index contributed by atoms with van der Waals surface area (Å²) in [6.45, 7) is 0. The first-order chi connectivity index (χ1) is 12.3. The lowest BCUT2D eigenvalue weighted by Crippen LogP contribution is -2.15. The number of nitrogens with zero attached hydrogens (tertiary/aromatic N) is 1. The molecule has 26 heavy (non-hydrogen) atoms. The van der Waals surface area contributed by atoms with Crippen LogP contribution in [-0.2, 0) is 21.2 Å². The van der Waals surface area contributed by atoms with Gasteiger partial charge in [0.05, 0.1) is 17.0 Å². The number of thiazole rings is 1. The number of carbonyl (C=O) groups is 1. The molecule has 1 heterocycles. The van der Waals surface area contributed by atoms with Crippen LogP contribution in [0.2, 0.25) is 0 Å². The minimum absolute atomic E-state index is 0.00587. The molecule has 3 rings (SSSR count). The molecule has 0 saturated heterocycles. The van der Waals surface area contributed by atoms with Crippen LogP contribution < -0.4 is 10.5 Å². The second-order valence-electron chi connectivity index (χ2n) is 5.45. The molecule has 0 atom stereocenters. The second-order valence-corrected chi connectivity index (χ2v) is 8.78. The summed E-state index contributed by atoms with van der Waals surface area (Å²) in [4.78, 5) is 16.7. The number of carbonyl (C=O) groups excluding carboxylic acids is 1. The highest BCUT2D eigenvalue weighted by molar-refractivity contribution is 9.10. The zero-order chi connectivity index (χ0) is 18.7. The van der Waals surface area contributed by atoms with Gasteiger partial charge in [-0.3, -0.25) is 4.79 Å². The van der Waals surface area contributed by atoms with Crippen molar-refractivity contribution < 1.29 is 13.2 Å². The summed E-state index contributed by atoms with van der Waals surface area (Å²) in [5.74, 6) is -0.237. The van der Waals surface area contributed by atoms with Gasteiger partial charge in [0.1, 0.15) is 5.01 Å². The van der Waals surface area contributed by atoms with E-state index < -0.39 is 10.0 Å². The highest BCUT2D eigenvalue weighted by Crippen LogP contribution is 2.26. The number of hydrogen-bond donors (Lipinski definition) is 2. The number of hydrogen-bond acceptors (Lipinski definition) is 5. The molecule has 1 aromatic heterocycles. The van der Waals surface area contributed by atoms with E-state index in [2.05, 4.69) is 26.2 Å². The van der Waals surface area contributed by atoms with Gasteiger partial charge in [0.15, 0.2) is 0 Å². The van der Waals surface area contributed by atoms with Crippen LogP contribution in [-0.4, -0.2) is 19.3 Å². The molecule has 3 aromatic rings. The van der Waals surface area contributed by atoms with Gasteiger partial charge >= 0.3 is 0 Å². The molecular weight excluding hydrogens is 438 g/mol. The van der Waals surface area contributed by atoms with Crippen LogP contribution in [0.15, 0.2) is 63.3 Å². The van der Waals surface area contributed by atoms with Crippen molar-refractivity contribution in [1.82, 2.24) is 4.98 Å². The van der Waals surface area contributed by atoms with Gasteiger partial charge in [-0.1, -0.05) is 28.1 Å². The van der Waals surface area contributed by atoms with Crippen LogP contribution in [0, 0.1) is 0 Å². The van der Waals surface area contributed by atoms with E-state index in [1.165, 1.54) is 35.6 Å². The highest BCUT2D eigenvalue weighted by atomic mass is 79.9. The van der Waals surface area contributed by atoms with Gasteiger partial charge in [0.2, 0.25) is 15.9 Å². The van der Waals surface area contributed by atoms with E-state index in [1.54, 1.807) is 0 Å². The Labute approximate surface area is 163 Å². The number of anilines is 1. The van der Waals surface area contributed by atoms with Crippen molar-refractivity contribution in [3.05, 3.63) is 64.1 Å². The molecule has 0 spiro atoms. The summed E-state index contributed by atoms with van der Waals surface area (Å²) in [5.41, 5.74) is 2.14. The van der Waals surface area contributed by atoms with Crippen molar-refractivity contribution in [3.8, 4) is 10.6 Å². The van der Waals surface area contributed by atoms with Crippen LogP contribution in [0.3, 0.4) is 0 Å². The van der Waals surface area contributed by atoms with Gasteiger partial charge in [0, 0.05) is 21.1 Å². The van der Waals surface area contributed by atoms with Crippen molar-refractivity contribution in [2.24, 2.45) is 5.14 Å². The average molecular weight is 452 g/mol. The predicted molar refractivity (Wildman–Crippen MR) is 105 cm³/mol. The third-order valence-corrected chi connectivity index (χ3v) is 5.79. The van der Waals surface area contributed by atoms with Gasteiger partial charge in [0.25, 0.3) is 0 Å². The van der Waals surface area contributed by atoms with Crippen molar-refractivity contribution >= 4 is 48.9 Å². The number of halogens is 1. The Kier molecular flexibility index (Phi) is 5.52. The maximum absolute atomic E-state index is 12.2. The SMILES string of the molecule is NS(=O)(=O)c1ccc(NC(=O)Cc2csc(-c3cccc(Br)c3)n2)cc1. The molecule has 0 saturated carbocycles. The molecule has 134 valence electrons. The summed E-state index contributed by atoms with van der Waals surface area (Å²) < 4.78 is 23.4. The maximum Gasteiger partial charge on any atom is 0.238 e. The summed E-state index contributed by atoms with van der Waals surface area (Å²) >= 11 is 4.90. The van der Waals surface area contributed by atoms with E-state index in [0.717, 1.165) is 15.0 Å². The Morgan fingerprint density at radius 1 is 1.19 bits per heavy atom. The van der Waals surface area contributed by atoms with Crippen molar-refractivity contribution in [1.29, 1.82) is 0 Å². The maximum atomic E-state index is 12.2. The van der Waals surface area contributed by atoms with Crippen LogP contribution in [0.25, 0.3) is 10.6 Å². The Hall–Kier alpha value is -2.07. The lowest BCUT2D eigenvalue weighted by atomic mass is 10.2. The lowest BCUT2D eigenvalue weighted by molar-refractivity contribution is -0.115. The zero-order valence-electron chi connectivity index (χ0n) is 13.3. The van der Waals surface area contributed by atoms with Gasteiger partial charge in [-0.25, -0.2) is 18.5 Å². The van der Waals surface area contributed by atoms with Crippen LogP contribution >= 0.6 is 27.3 Å². The Bertz CT molecular complexity index is 1050. The monoisotopic (exact) mass is 451 g/mol. The molecule has 0 bridgehead atoms. The Balaban J connectivity index is 1.65. The van der Waals surface area contributed by atoms with E-state index in [0.29, 0.717) is 11.4 Å². The number of amides is 1. The van der Waals surface area contributed by atoms with E-state index in [1.807, 2.05) is 29.6 Å². The van der Waals surface area contributed by atoms with Crippen molar-refractivity contribution in [3.63, 3.8) is 0 Å². The molecule has 0 fully saturated rings. The predicted octanol–water partition coefficient (Wildman–Crippen LogP) is 3.40. The largest absolute Gasteiger partial charge is 0.326 e. The molecule has 0 aliphatic carbocycles. The topological polar surface area (TPSA) is 102 Å². The highest BCUT2D eigenvalue weighted by Gasteiger charge is 2.11. The number of rotatable bonds is 5. The van der Waals surface area contributed by atoms with Crippen molar-refractivity contribution in [2.45, 2.75) is 11.3 Å². The van der Waals surface area contributed by atoms with Crippen LogP contribution in [0.5, 0.6) is 0 Å². The quantitative estimate of drug-likeness (QED) is 0.620. The number of nitrogens with one attached hydrogen (secondary N) is 1. The molecular formula is C17H14BrN3O3S2. The standard InChI is InChI=1S/C17H14BrN3O3S2/c18-12-3-1-2-11(8-12)17-21-14(10-25-17)9-16(22)20-13-4-6-15(7-5-13)26(19,23)24/h1-8,10H,9H2,(H,20,22)(H2,19,23,24). The Morgan fingerprint density at radius 3 is 2.58 bits per heavy atom. The third kappa shape index (κ3) is 4.76. The average Bonchev–Trinajstić information content (AvgIpc) is 3.03. The molecule has 0 aliphatic heterocycles. The molecule has 1 amide bonds. The van der Waals surface area contributed by atoms with E-state index in [4.69, 9.17) is 5.14 Å². The molecule has 6 nitrogen and oxygen atoms in total. The number of primary sulfonamides is 1. The van der Waals surface area contributed by atoms with Gasteiger partial charge < -0.3 is 5.32 Å². The molecule has 3 N–H and O–H groups in total. The molecule has 0 radical (unpaired) electrons. The summed E-state index contributed by atoms with van der Waals surface area (Å²) in [6, 6.07) is 13.5. The van der Waals surface area contributed by atoms with E-state index in [9.17, 15) is 13.2 Å². The molecule has 0 unspecified atom stereocenters. The summed E-state index contributed by atoms with van der Waals surface area (Å²) in [7, 11) is -3.75. The normalized spacial score (nSPS) is 11.3. The number of aromatic nitrogens is 1. The minimum Gasteiger partial charge on any atom is -0.326 e. The second kappa shape index (κ2) is 7.67. The van der Waals surface area contributed by atoms with E-state index in [-0.39, 0.29) is 17.2 Å². The fourth-order valence-corrected chi connectivity index (χ4v) is 3.97. The number of nitrogens with two attached hydrogens (primary N) is 1. The Morgan fingerprint density at radius 2 is 1.92 bits per heavy atom. The van der Waals surface area contributed by atoms with Crippen molar-refractivity contribution in [2.75, 3.05) is 5.32 Å². The fraction of sp³-hybridized carbons (Fsp3) is 0.0588. The van der Waals surface area contributed by atoms with Crippen LogP contribution in [0.4, 0.5) is 5.69 Å². The summed E-state index contributed by atoms with van der Waals surface area (Å²) in [6.07, 6.45) is 0.126. The van der Waals surface area contributed by atoms with Crippen LogP contribution in [0.1, 0.15) is 5.69 Å². The summed E-state index contributed by atoms with van der Waals surface area (Å²) in [5, 5.41) is 10.4. The molecule has 9 heteroatoms. The number of sulfonamides is 1. The third-order valence-electron chi connectivity index (χ3n) is 3.43.